The van der Waals surface area contributed by atoms with Crippen LogP contribution < -0.4 is 0 Å². The molecular weight excluding hydrogens is 236 g/mol. The van der Waals surface area contributed by atoms with Crippen molar-refractivity contribution >= 4 is 23.5 Å². The summed E-state index contributed by atoms with van der Waals surface area (Å²) >= 11 is 3.84. The fourth-order valence-corrected chi connectivity index (χ4v) is 2.59. The van der Waals surface area contributed by atoms with Gasteiger partial charge >= 0.3 is 0 Å². The Morgan fingerprint density at radius 1 is 0.875 bits per heavy atom. The van der Waals surface area contributed by atoms with Gasteiger partial charge < -0.3 is 0 Å². The molecule has 4 heteroatoms. The molecule has 16 heavy (non-hydrogen) atoms. The lowest BCUT2D eigenvalue weighted by Gasteiger charge is -2.09. The van der Waals surface area contributed by atoms with Crippen molar-refractivity contribution in [3.05, 3.63) is 23.8 Å². The van der Waals surface area contributed by atoms with E-state index in [1.54, 1.807) is 12.4 Å². The molecule has 0 aliphatic heterocycles. The van der Waals surface area contributed by atoms with Gasteiger partial charge in [0.25, 0.3) is 0 Å². The second kappa shape index (κ2) is 7.17. The van der Waals surface area contributed by atoms with Crippen LogP contribution in [0, 0.1) is 0 Å². The quantitative estimate of drug-likeness (QED) is 0.774. The van der Waals surface area contributed by atoms with Gasteiger partial charge in [0.1, 0.15) is 0 Å². The van der Waals surface area contributed by atoms with Crippen LogP contribution >= 0.6 is 23.5 Å². The monoisotopic (exact) mass is 256 g/mol. The molecule has 90 valence electrons. The van der Waals surface area contributed by atoms with Crippen LogP contribution in [0.2, 0.25) is 0 Å². The van der Waals surface area contributed by atoms with Gasteiger partial charge in [-0.2, -0.15) is 23.5 Å². The topological polar surface area (TPSA) is 25.8 Å². The zero-order chi connectivity index (χ0) is 12.0. The highest BCUT2D eigenvalue weighted by molar-refractivity contribution is 7.99. The van der Waals surface area contributed by atoms with Gasteiger partial charge in [-0.3, -0.25) is 9.97 Å². The van der Waals surface area contributed by atoms with E-state index in [0.717, 1.165) is 22.9 Å². The Labute approximate surface area is 107 Å². The van der Waals surface area contributed by atoms with Gasteiger partial charge in [0.15, 0.2) is 0 Å². The number of thioether (sulfide) groups is 2. The Balaban J connectivity index is 2.60. The smallest absolute Gasteiger partial charge is 0.0726 e. The van der Waals surface area contributed by atoms with Crippen LogP contribution in [0.5, 0.6) is 0 Å². The molecule has 1 aromatic heterocycles. The first-order chi connectivity index (χ1) is 7.59. The van der Waals surface area contributed by atoms with Crippen LogP contribution in [-0.2, 0) is 11.5 Å². The van der Waals surface area contributed by atoms with Crippen LogP contribution in [0.4, 0.5) is 0 Å². The van der Waals surface area contributed by atoms with Gasteiger partial charge in [-0.25, -0.2) is 0 Å². The van der Waals surface area contributed by atoms with Crippen molar-refractivity contribution in [3.8, 4) is 0 Å². The second-order valence-corrected chi connectivity index (χ2v) is 7.30. The highest BCUT2D eigenvalue weighted by Gasteiger charge is 2.07. The number of rotatable bonds is 6. The van der Waals surface area contributed by atoms with Gasteiger partial charge in [0.05, 0.1) is 11.4 Å². The Bertz CT molecular complexity index is 283. The Morgan fingerprint density at radius 2 is 1.25 bits per heavy atom. The molecule has 0 spiro atoms. The summed E-state index contributed by atoms with van der Waals surface area (Å²) in [5.41, 5.74) is 2.30. The molecule has 0 radical (unpaired) electrons. The molecule has 0 aliphatic carbocycles. The van der Waals surface area contributed by atoms with E-state index < -0.39 is 0 Å². The summed E-state index contributed by atoms with van der Waals surface area (Å²) in [4.78, 5) is 8.86. The first-order valence-electron chi connectivity index (χ1n) is 5.61. The van der Waals surface area contributed by atoms with Crippen LogP contribution in [0.15, 0.2) is 12.4 Å². The molecule has 0 aromatic carbocycles. The lowest BCUT2D eigenvalue weighted by atomic mass is 10.3. The molecule has 2 nitrogen and oxygen atoms in total. The van der Waals surface area contributed by atoms with Gasteiger partial charge in [0, 0.05) is 23.9 Å². The summed E-state index contributed by atoms with van der Waals surface area (Å²) < 4.78 is 0. The third-order valence-electron chi connectivity index (χ3n) is 1.97. The Morgan fingerprint density at radius 3 is 1.56 bits per heavy atom. The standard InChI is InChI=1S/C12H20N2S2/c1-9(2)15-7-11-12(8-16-10(3)4)14-6-5-13-11/h5-6,9-10H,7-8H2,1-4H3. The zero-order valence-corrected chi connectivity index (χ0v) is 12.1. The number of aromatic nitrogens is 2. The largest absolute Gasteiger partial charge is 0.257 e. The molecule has 0 aliphatic rings. The molecule has 0 N–H and O–H groups in total. The fraction of sp³-hybridized carbons (Fsp3) is 0.667. The lowest BCUT2D eigenvalue weighted by Crippen LogP contribution is -2.01. The zero-order valence-electron chi connectivity index (χ0n) is 10.4. The SMILES string of the molecule is CC(C)SCc1nccnc1CSC(C)C. The van der Waals surface area contributed by atoms with E-state index in [1.807, 2.05) is 23.5 Å². The normalized spacial score (nSPS) is 11.4. The van der Waals surface area contributed by atoms with Crippen molar-refractivity contribution < 1.29 is 0 Å². The molecule has 1 heterocycles. The molecule has 0 fully saturated rings. The van der Waals surface area contributed by atoms with Gasteiger partial charge in [-0.05, 0) is 10.5 Å². The van der Waals surface area contributed by atoms with Crippen LogP contribution in [0.3, 0.4) is 0 Å². The van der Waals surface area contributed by atoms with Gasteiger partial charge in [-0.15, -0.1) is 0 Å². The number of hydrogen-bond acceptors (Lipinski definition) is 4. The average Bonchev–Trinajstić information content (AvgIpc) is 2.24. The van der Waals surface area contributed by atoms with Crippen molar-refractivity contribution in [1.29, 1.82) is 0 Å². The number of nitrogens with zero attached hydrogens (tertiary/aromatic N) is 2. The highest BCUT2D eigenvalue weighted by atomic mass is 32.2. The summed E-state index contributed by atoms with van der Waals surface area (Å²) in [6, 6.07) is 0. The summed E-state index contributed by atoms with van der Waals surface area (Å²) in [7, 11) is 0. The van der Waals surface area contributed by atoms with Crippen LogP contribution in [0.25, 0.3) is 0 Å². The van der Waals surface area contributed by atoms with E-state index in [0.29, 0.717) is 10.5 Å². The fourth-order valence-electron chi connectivity index (χ4n) is 1.13. The average molecular weight is 256 g/mol. The van der Waals surface area contributed by atoms with E-state index in [9.17, 15) is 0 Å². The molecule has 0 unspecified atom stereocenters. The molecule has 0 bridgehead atoms. The molecule has 1 rings (SSSR count). The summed E-state index contributed by atoms with van der Waals surface area (Å²) in [6.07, 6.45) is 3.58. The van der Waals surface area contributed by atoms with Crippen LogP contribution in [-0.4, -0.2) is 20.5 Å². The molecule has 1 aromatic rings. The second-order valence-electron chi connectivity index (χ2n) is 4.17. The van der Waals surface area contributed by atoms with E-state index in [2.05, 4.69) is 37.7 Å². The first kappa shape index (κ1) is 13.8. The van der Waals surface area contributed by atoms with E-state index in [-0.39, 0.29) is 0 Å². The molecule has 0 saturated heterocycles. The minimum Gasteiger partial charge on any atom is -0.257 e. The maximum atomic E-state index is 4.43. The third kappa shape index (κ3) is 5.21. The van der Waals surface area contributed by atoms with Crippen LogP contribution in [0.1, 0.15) is 39.1 Å². The Kier molecular flexibility index (Phi) is 6.21. The predicted molar refractivity (Wildman–Crippen MR) is 74.9 cm³/mol. The van der Waals surface area contributed by atoms with E-state index in [1.165, 1.54) is 0 Å². The van der Waals surface area contributed by atoms with E-state index in [4.69, 9.17) is 0 Å². The molecule has 0 amide bonds. The minimum absolute atomic E-state index is 0.646. The van der Waals surface area contributed by atoms with E-state index >= 15 is 0 Å². The lowest BCUT2D eigenvalue weighted by molar-refractivity contribution is 1.01. The van der Waals surface area contributed by atoms with Gasteiger partial charge in [0.2, 0.25) is 0 Å². The summed E-state index contributed by atoms with van der Waals surface area (Å²) in [6.45, 7) is 8.85. The molecule has 0 saturated carbocycles. The third-order valence-corrected chi connectivity index (χ3v) is 4.18. The molecular formula is C12H20N2S2. The Hall–Kier alpha value is -0.220. The predicted octanol–water partition coefficient (Wildman–Crippen LogP) is 3.76. The minimum atomic E-state index is 0.646. The maximum absolute atomic E-state index is 4.43. The van der Waals surface area contributed by atoms with Crippen molar-refractivity contribution in [1.82, 2.24) is 9.97 Å². The van der Waals surface area contributed by atoms with Crippen molar-refractivity contribution in [2.24, 2.45) is 0 Å². The summed E-state index contributed by atoms with van der Waals surface area (Å²) in [5, 5.41) is 1.29. The first-order valence-corrected chi connectivity index (χ1v) is 7.71. The molecule has 0 atom stereocenters. The van der Waals surface area contributed by atoms with Crippen molar-refractivity contribution in [2.45, 2.75) is 49.7 Å². The maximum Gasteiger partial charge on any atom is 0.0726 e. The van der Waals surface area contributed by atoms with Crippen molar-refractivity contribution in [2.75, 3.05) is 0 Å². The number of hydrogen-bond donors (Lipinski definition) is 0. The van der Waals surface area contributed by atoms with Gasteiger partial charge in [-0.1, -0.05) is 27.7 Å². The summed E-state index contributed by atoms with van der Waals surface area (Å²) in [5.74, 6) is 1.94. The van der Waals surface area contributed by atoms with Crippen molar-refractivity contribution in [3.63, 3.8) is 0 Å². The highest BCUT2D eigenvalue weighted by Crippen LogP contribution is 2.21.